The normalized spacial score (nSPS) is 19.1. The van der Waals surface area contributed by atoms with Crippen molar-refractivity contribution in [1.29, 1.82) is 0 Å². The Morgan fingerprint density at radius 2 is 1.44 bits per heavy atom. The molecule has 142 valence electrons. The van der Waals surface area contributed by atoms with Gasteiger partial charge in [-0.05, 0) is 19.1 Å². The number of rotatable bonds is 5. The Morgan fingerprint density at radius 3 is 2.00 bits per heavy atom. The monoisotopic (exact) mass is 369 g/mol. The number of aryl methyl sites for hydroxylation is 1. The van der Waals surface area contributed by atoms with Crippen molar-refractivity contribution in [2.75, 3.05) is 65.4 Å². The molecule has 0 atom stereocenters. The zero-order valence-corrected chi connectivity index (χ0v) is 15.9. The van der Waals surface area contributed by atoms with E-state index in [0.717, 1.165) is 57.9 Å². The molecule has 0 unspecified atom stereocenters. The van der Waals surface area contributed by atoms with E-state index < -0.39 is 10.0 Å². The Labute approximate surface area is 151 Å². The Balaban J connectivity index is 1.79. The largest absolute Gasteiger partial charge is 0.314 e. The number of sulfonamides is 1. The third-order valence-electron chi connectivity index (χ3n) is 4.22. The Morgan fingerprint density at radius 1 is 0.920 bits per heavy atom. The molecule has 0 radical (unpaired) electrons. The van der Waals surface area contributed by atoms with Crippen molar-refractivity contribution in [3.05, 3.63) is 29.8 Å². The first-order valence-electron chi connectivity index (χ1n) is 8.99. The molecule has 7 nitrogen and oxygen atoms in total. The summed E-state index contributed by atoms with van der Waals surface area (Å²) in [7, 11) is -3.43. The van der Waals surface area contributed by atoms with Crippen LogP contribution < -0.4 is 20.7 Å². The highest BCUT2D eigenvalue weighted by Crippen LogP contribution is 2.09. The van der Waals surface area contributed by atoms with E-state index in [1.165, 1.54) is 0 Å². The van der Waals surface area contributed by atoms with Crippen LogP contribution in [-0.2, 0) is 10.0 Å². The molecule has 1 aliphatic heterocycles. The lowest BCUT2D eigenvalue weighted by molar-refractivity contribution is 0.275. The predicted octanol–water partition coefficient (Wildman–Crippen LogP) is -0.642. The zero-order chi connectivity index (χ0) is 18.0. The van der Waals surface area contributed by atoms with Crippen molar-refractivity contribution in [1.82, 2.24) is 25.6 Å². The quantitative estimate of drug-likeness (QED) is 0.552. The minimum Gasteiger partial charge on any atom is -0.314 e. The van der Waals surface area contributed by atoms with Crippen molar-refractivity contribution in [2.45, 2.75) is 11.8 Å². The molecule has 25 heavy (non-hydrogen) atoms. The lowest BCUT2D eigenvalue weighted by Crippen LogP contribution is -2.44. The summed E-state index contributed by atoms with van der Waals surface area (Å²) >= 11 is 0. The lowest BCUT2D eigenvalue weighted by Gasteiger charge is -2.23. The fraction of sp³-hybridized carbons (Fsp3) is 0.647. The first kappa shape index (κ1) is 20.3. The molecule has 1 aromatic carbocycles. The maximum atomic E-state index is 12.3. The fourth-order valence-electron chi connectivity index (χ4n) is 2.68. The van der Waals surface area contributed by atoms with E-state index in [4.69, 9.17) is 0 Å². The first-order chi connectivity index (χ1) is 12.1. The van der Waals surface area contributed by atoms with Crippen LogP contribution in [0.4, 0.5) is 0 Å². The Kier molecular flexibility index (Phi) is 8.80. The van der Waals surface area contributed by atoms with Gasteiger partial charge in [-0.3, -0.25) is 4.90 Å². The second-order valence-electron chi connectivity index (χ2n) is 6.30. The molecule has 0 aliphatic carbocycles. The van der Waals surface area contributed by atoms with Crippen molar-refractivity contribution < 1.29 is 8.42 Å². The summed E-state index contributed by atoms with van der Waals surface area (Å²) in [6.07, 6.45) is 0. The van der Waals surface area contributed by atoms with Gasteiger partial charge in [0, 0.05) is 65.4 Å². The topological polar surface area (TPSA) is 85.5 Å². The van der Waals surface area contributed by atoms with Gasteiger partial charge in [-0.25, -0.2) is 13.1 Å². The molecular formula is C17H31N5O2S. The molecule has 0 spiro atoms. The zero-order valence-electron chi connectivity index (χ0n) is 15.1. The van der Waals surface area contributed by atoms with Gasteiger partial charge >= 0.3 is 0 Å². The molecule has 4 N–H and O–H groups in total. The highest BCUT2D eigenvalue weighted by atomic mass is 32.2. The van der Waals surface area contributed by atoms with Crippen LogP contribution in [0.15, 0.2) is 29.2 Å². The van der Waals surface area contributed by atoms with Gasteiger partial charge in [0.25, 0.3) is 0 Å². The summed E-state index contributed by atoms with van der Waals surface area (Å²) in [6.45, 7) is 10.5. The van der Waals surface area contributed by atoms with E-state index in [0.29, 0.717) is 18.0 Å². The highest BCUT2D eigenvalue weighted by Gasteiger charge is 2.14. The molecule has 2 rings (SSSR count). The van der Waals surface area contributed by atoms with Crippen LogP contribution in [0.25, 0.3) is 0 Å². The second kappa shape index (κ2) is 10.8. The van der Waals surface area contributed by atoms with Crippen LogP contribution in [0.2, 0.25) is 0 Å². The SMILES string of the molecule is Cc1ccc(S(=O)(=O)NCCN2CCNCCNCCNCC2)cc1. The lowest BCUT2D eigenvalue weighted by atomic mass is 10.2. The summed E-state index contributed by atoms with van der Waals surface area (Å²) in [5, 5.41) is 10.2. The molecule has 8 heteroatoms. The van der Waals surface area contributed by atoms with Crippen molar-refractivity contribution in [3.8, 4) is 0 Å². The fourth-order valence-corrected chi connectivity index (χ4v) is 3.70. The van der Waals surface area contributed by atoms with Gasteiger partial charge in [-0.1, -0.05) is 17.7 Å². The first-order valence-corrected chi connectivity index (χ1v) is 10.5. The summed E-state index contributed by atoms with van der Waals surface area (Å²) in [6, 6.07) is 6.93. The van der Waals surface area contributed by atoms with Gasteiger partial charge in [0.15, 0.2) is 0 Å². The van der Waals surface area contributed by atoms with E-state index in [1.54, 1.807) is 12.1 Å². The van der Waals surface area contributed by atoms with Gasteiger partial charge in [-0.15, -0.1) is 0 Å². The summed E-state index contributed by atoms with van der Waals surface area (Å²) in [5.41, 5.74) is 1.05. The van der Waals surface area contributed by atoms with Gasteiger partial charge in [0.1, 0.15) is 0 Å². The smallest absolute Gasteiger partial charge is 0.240 e. The Bertz CT molecular complexity index is 580. The average Bonchev–Trinajstić information content (AvgIpc) is 2.57. The second-order valence-corrected chi connectivity index (χ2v) is 8.07. The van der Waals surface area contributed by atoms with Crippen LogP contribution in [-0.4, -0.2) is 78.8 Å². The van der Waals surface area contributed by atoms with Crippen LogP contribution in [0.3, 0.4) is 0 Å². The molecule has 1 heterocycles. The summed E-state index contributed by atoms with van der Waals surface area (Å²) < 4.78 is 27.4. The van der Waals surface area contributed by atoms with Gasteiger partial charge in [-0.2, -0.15) is 0 Å². The van der Waals surface area contributed by atoms with Crippen molar-refractivity contribution in [2.24, 2.45) is 0 Å². The molecular weight excluding hydrogens is 338 g/mol. The molecule has 0 aromatic heterocycles. The molecule has 0 bridgehead atoms. The van der Waals surface area contributed by atoms with Gasteiger partial charge in [0.2, 0.25) is 10.0 Å². The van der Waals surface area contributed by atoms with E-state index in [-0.39, 0.29) is 0 Å². The van der Waals surface area contributed by atoms with E-state index >= 15 is 0 Å². The number of benzene rings is 1. The van der Waals surface area contributed by atoms with E-state index in [1.807, 2.05) is 19.1 Å². The minimum atomic E-state index is -3.43. The van der Waals surface area contributed by atoms with Crippen LogP contribution >= 0.6 is 0 Å². The van der Waals surface area contributed by atoms with Gasteiger partial charge < -0.3 is 16.0 Å². The van der Waals surface area contributed by atoms with Crippen LogP contribution in [0, 0.1) is 6.92 Å². The molecule has 0 saturated carbocycles. The summed E-state index contributed by atoms with van der Waals surface area (Å²) in [5.74, 6) is 0. The third-order valence-corrected chi connectivity index (χ3v) is 5.70. The van der Waals surface area contributed by atoms with E-state index in [2.05, 4.69) is 25.6 Å². The van der Waals surface area contributed by atoms with Gasteiger partial charge in [0.05, 0.1) is 4.90 Å². The maximum absolute atomic E-state index is 12.3. The summed E-state index contributed by atoms with van der Waals surface area (Å²) in [4.78, 5) is 2.61. The average molecular weight is 370 g/mol. The highest BCUT2D eigenvalue weighted by molar-refractivity contribution is 7.89. The number of nitrogens with one attached hydrogen (secondary N) is 4. The molecule has 1 aromatic rings. The van der Waals surface area contributed by atoms with Crippen LogP contribution in [0.1, 0.15) is 5.56 Å². The van der Waals surface area contributed by atoms with Crippen molar-refractivity contribution in [3.63, 3.8) is 0 Å². The standard InChI is InChI=1S/C17H31N5O2S/c1-16-2-4-17(5-3-16)25(23,24)21-12-15-22-13-10-19-8-6-18-7-9-20-11-14-22/h2-5,18-21H,6-15H2,1H3. The number of nitrogens with zero attached hydrogens (tertiary/aromatic N) is 1. The predicted molar refractivity (Wildman–Crippen MR) is 101 cm³/mol. The molecule has 1 aliphatic rings. The third kappa shape index (κ3) is 7.81. The molecule has 0 amide bonds. The number of hydrogen-bond donors (Lipinski definition) is 4. The molecule has 1 saturated heterocycles. The molecule has 1 fully saturated rings. The van der Waals surface area contributed by atoms with Crippen LogP contribution in [0.5, 0.6) is 0 Å². The minimum absolute atomic E-state index is 0.322. The maximum Gasteiger partial charge on any atom is 0.240 e. The van der Waals surface area contributed by atoms with E-state index in [9.17, 15) is 8.42 Å². The Hall–Kier alpha value is -1.03. The number of hydrogen-bond acceptors (Lipinski definition) is 6. The van der Waals surface area contributed by atoms with Crippen molar-refractivity contribution >= 4 is 10.0 Å².